The van der Waals surface area contributed by atoms with Gasteiger partial charge in [0.1, 0.15) is 10.4 Å². The Labute approximate surface area is 195 Å². The molecule has 2 heterocycles. The fourth-order valence-electron chi connectivity index (χ4n) is 3.26. The summed E-state index contributed by atoms with van der Waals surface area (Å²) in [6.07, 6.45) is 4.36. The number of nitrogens with zero attached hydrogens (tertiary/aromatic N) is 6. The molecule has 0 fully saturated rings. The van der Waals surface area contributed by atoms with Gasteiger partial charge in [0.2, 0.25) is 0 Å². The van der Waals surface area contributed by atoms with E-state index in [1.54, 1.807) is 25.3 Å². The molecule has 9 heteroatoms. The molecule has 4 rings (SSSR count). The predicted molar refractivity (Wildman–Crippen MR) is 134 cm³/mol. The SMILES string of the molecule is CCCN(C)c1ccc(N=C2N=Cc3nc(=O)/c(=C\c4ccc(N(C)O)cc4)sc3=N2)cc1. The van der Waals surface area contributed by atoms with E-state index in [4.69, 9.17) is 0 Å². The Hall–Kier alpha value is -3.69. The fourth-order valence-corrected chi connectivity index (χ4v) is 4.13. The second-order valence-electron chi connectivity index (χ2n) is 7.55. The van der Waals surface area contributed by atoms with Crippen molar-refractivity contribution < 1.29 is 5.21 Å². The smallest absolute Gasteiger partial charge is 0.287 e. The number of rotatable bonds is 6. The average molecular weight is 461 g/mol. The Balaban J connectivity index is 1.65. The van der Waals surface area contributed by atoms with Gasteiger partial charge in [-0.2, -0.15) is 4.99 Å². The fraction of sp³-hybridized carbons (Fsp3) is 0.208. The van der Waals surface area contributed by atoms with E-state index in [1.807, 2.05) is 36.4 Å². The minimum Gasteiger partial charge on any atom is -0.375 e. The number of benzene rings is 2. The van der Waals surface area contributed by atoms with Crippen molar-refractivity contribution in [3.63, 3.8) is 0 Å². The lowest BCUT2D eigenvalue weighted by Crippen LogP contribution is -2.33. The van der Waals surface area contributed by atoms with Gasteiger partial charge in [0, 0.05) is 26.3 Å². The molecule has 1 aromatic heterocycles. The minimum absolute atomic E-state index is 0.315. The van der Waals surface area contributed by atoms with Crippen molar-refractivity contribution in [3.05, 3.63) is 79.3 Å². The Morgan fingerprint density at radius 3 is 2.42 bits per heavy atom. The second-order valence-corrected chi connectivity index (χ2v) is 8.58. The number of hydrogen-bond acceptors (Lipinski definition) is 7. The average Bonchev–Trinajstić information content (AvgIpc) is 2.81. The molecule has 0 amide bonds. The van der Waals surface area contributed by atoms with Crippen molar-refractivity contribution >= 4 is 46.6 Å². The van der Waals surface area contributed by atoms with Crippen LogP contribution in [0.5, 0.6) is 0 Å². The molecule has 0 radical (unpaired) electrons. The molecule has 0 saturated heterocycles. The molecule has 2 aromatic carbocycles. The number of guanidine groups is 1. The van der Waals surface area contributed by atoms with Crippen LogP contribution < -0.4 is 24.7 Å². The number of aromatic nitrogens is 1. The van der Waals surface area contributed by atoms with Crippen molar-refractivity contribution in [1.29, 1.82) is 0 Å². The number of hydroxylamine groups is 1. The number of hydrogen-bond donors (Lipinski definition) is 1. The van der Waals surface area contributed by atoms with Gasteiger partial charge in [-0.05, 0) is 54.5 Å². The predicted octanol–water partition coefficient (Wildman–Crippen LogP) is 2.74. The molecular weight excluding hydrogens is 436 g/mol. The van der Waals surface area contributed by atoms with Crippen LogP contribution in [0.1, 0.15) is 24.6 Å². The van der Waals surface area contributed by atoms with Crippen LogP contribution >= 0.6 is 11.3 Å². The van der Waals surface area contributed by atoms with Crippen molar-refractivity contribution in [2.75, 3.05) is 30.6 Å². The van der Waals surface area contributed by atoms with Crippen LogP contribution in [0.4, 0.5) is 17.1 Å². The number of fused-ring (bicyclic) bond motifs is 1. The summed E-state index contributed by atoms with van der Waals surface area (Å²) in [6, 6.07) is 15.1. The lowest BCUT2D eigenvalue weighted by Gasteiger charge is -2.18. The lowest BCUT2D eigenvalue weighted by atomic mass is 10.2. The molecule has 0 unspecified atom stereocenters. The molecule has 168 valence electrons. The molecule has 1 N–H and O–H groups in total. The topological polar surface area (TPSA) is 93.8 Å². The van der Waals surface area contributed by atoms with E-state index in [9.17, 15) is 10.0 Å². The van der Waals surface area contributed by atoms with Gasteiger partial charge < -0.3 is 4.90 Å². The summed E-state index contributed by atoms with van der Waals surface area (Å²) in [5.41, 5.74) is 3.46. The maximum atomic E-state index is 12.5. The molecule has 1 aliphatic rings. The molecule has 0 atom stereocenters. The molecule has 3 aromatic rings. The van der Waals surface area contributed by atoms with Crippen molar-refractivity contribution in [2.24, 2.45) is 15.0 Å². The maximum absolute atomic E-state index is 12.5. The van der Waals surface area contributed by atoms with Gasteiger partial charge in [-0.25, -0.2) is 15.0 Å². The van der Waals surface area contributed by atoms with Crippen molar-refractivity contribution in [3.8, 4) is 0 Å². The number of aliphatic imine (C=N–C) groups is 2. The Kier molecular flexibility index (Phi) is 6.71. The van der Waals surface area contributed by atoms with E-state index in [1.165, 1.54) is 17.6 Å². The third kappa shape index (κ3) is 5.39. The quantitative estimate of drug-likeness (QED) is 0.571. The molecule has 0 aliphatic carbocycles. The van der Waals surface area contributed by atoms with Gasteiger partial charge in [-0.15, -0.1) is 11.3 Å². The molecule has 8 nitrogen and oxygen atoms in total. The van der Waals surface area contributed by atoms with E-state index >= 15 is 0 Å². The highest BCUT2D eigenvalue weighted by Gasteiger charge is 2.09. The highest BCUT2D eigenvalue weighted by molar-refractivity contribution is 7.07. The zero-order valence-electron chi connectivity index (χ0n) is 18.6. The van der Waals surface area contributed by atoms with E-state index in [2.05, 4.69) is 38.8 Å². The van der Waals surface area contributed by atoms with E-state index in [0.29, 0.717) is 26.5 Å². The van der Waals surface area contributed by atoms with E-state index in [0.717, 1.165) is 35.0 Å². The molecule has 0 spiro atoms. The summed E-state index contributed by atoms with van der Waals surface area (Å²) in [7, 11) is 3.61. The van der Waals surface area contributed by atoms with Gasteiger partial charge in [-0.3, -0.25) is 15.1 Å². The standard InChI is InChI=1S/C24H24N6O2S/c1-4-13-29(2)18-11-7-17(8-12-18)26-24-25-15-20-23(28-24)33-21(22(31)27-20)14-16-5-9-19(10-6-16)30(3)32/h5-12,14-15,32H,4,13H2,1-3H3/b21-14+,26-24?. The first-order chi connectivity index (χ1) is 15.9. The summed E-state index contributed by atoms with van der Waals surface area (Å²) in [4.78, 5) is 32.0. The third-order valence-electron chi connectivity index (χ3n) is 5.01. The minimum atomic E-state index is -0.337. The van der Waals surface area contributed by atoms with Crippen LogP contribution in [0.15, 0.2) is 68.3 Å². The van der Waals surface area contributed by atoms with Crippen LogP contribution in [0.25, 0.3) is 6.08 Å². The van der Waals surface area contributed by atoms with Gasteiger partial charge in [0.25, 0.3) is 11.5 Å². The molecular formula is C24H24N6O2S. The largest absolute Gasteiger partial charge is 0.375 e. The van der Waals surface area contributed by atoms with E-state index < -0.39 is 0 Å². The summed E-state index contributed by atoms with van der Waals surface area (Å²) in [5.74, 6) is 0.315. The molecule has 0 saturated carbocycles. The van der Waals surface area contributed by atoms with Crippen LogP contribution in [0.3, 0.4) is 0 Å². The van der Waals surface area contributed by atoms with Crippen LogP contribution in [-0.2, 0) is 0 Å². The highest BCUT2D eigenvalue weighted by atomic mass is 32.1. The zero-order chi connectivity index (χ0) is 23.4. The Morgan fingerprint density at radius 1 is 1.06 bits per heavy atom. The number of anilines is 2. The van der Waals surface area contributed by atoms with Gasteiger partial charge in [-0.1, -0.05) is 19.1 Å². The first kappa shape index (κ1) is 22.5. The Morgan fingerprint density at radius 2 is 1.76 bits per heavy atom. The van der Waals surface area contributed by atoms with Gasteiger partial charge in [0.05, 0.1) is 22.1 Å². The van der Waals surface area contributed by atoms with Crippen LogP contribution in [0.2, 0.25) is 0 Å². The second kappa shape index (κ2) is 9.85. The van der Waals surface area contributed by atoms with Gasteiger partial charge >= 0.3 is 0 Å². The highest BCUT2D eigenvalue weighted by Crippen LogP contribution is 2.20. The summed E-state index contributed by atoms with van der Waals surface area (Å²) >= 11 is 1.25. The third-order valence-corrected chi connectivity index (χ3v) is 6.01. The molecule has 33 heavy (non-hydrogen) atoms. The first-order valence-corrected chi connectivity index (χ1v) is 11.3. The first-order valence-electron chi connectivity index (χ1n) is 10.5. The normalized spacial score (nSPS) is 14.2. The Bertz CT molecular complexity index is 1380. The lowest BCUT2D eigenvalue weighted by molar-refractivity contribution is 0.279. The van der Waals surface area contributed by atoms with Crippen LogP contribution in [-0.4, -0.2) is 43.0 Å². The zero-order valence-corrected chi connectivity index (χ0v) is 19.5. The molecule has 1 aliphatic heterocycles. The van der Waals surface area contributed by atoms with Crippen molar-refractivity contribution in [2.45, 2.75) is 13.3 Å². The maximum Gasteiger partial charge on any atom is 0.287 e. The molecule has 0 bridgehead atoms. The van der Waals surface area contributed by atoms with E-state index in [-0.39, 0.29) is 5.56 Å². The van der Waals surface area contributed by atoms with Crippen molar-refractivity contribution in [1.82, 2.24) is 4.98 Å². The van der Waals surface area contributed by atoms with Crippen LogP contribution in [0, 0.1) is 0 Å². The summed E-state index contributed by atoms with van der Waals surface area (Å²) in [5, 5.41) is 10.5. The van der Waals surface area contributed by atoms with Gasteiger partial charge in [0.15, 0.2) is 0 Å². The monoisotopic (exact) mass is 460 g/mol. The summed E-state index contributed by atoms with van der Waals surface area (Å²) < 4.78 is 1.04. The summed E-state index contributed by atoms with van der Waals surface area (Å²) in [6.45, 7) is 3.14.